The number of hydrogen-bond acceptors (Lipinski definition) is 5. The summed E-state index contributed by atoms with van der Waals surface area (Å²) >= 11 is 1.61. The Balaban J connectivity index is 1.27. The summed E-state index contributed by atoms with van der Waals surface area (Å²) in [5, 5.41) is 2.92. The van der Waals surface area contributed by atoms with E-state index in [9.17, 15) is 9.59 Å². The van der Waals surface area contributed by atoms with Gasteiger partial charge in [0.2, 0.25) is 0 Å². The zero-order valence-corrected chi connectivity index (χ0v) is 30.1. The van der Waals surface area contributed by atoms with E-state index in [1.165, 1.54) is 0 Å². The van der Waals surface area contributed by atoms with E-state index in [2.05, 4.69) is 85.6 Å². The van der Waals surface area contributed by atoms with Crippen LogP contribution in [0.15, 0.2) is 140 Å². The monoisotopic (exact) mass is 685 g/mol. The van der Waals surface area contributed by atoms with Crippen LogP contribution in [0.2, 0.25) is 25.7 Å². The number of ether oxygens (including phenoxy) is 2. The number of fused-ring (bicyclic) bond motifs is 3. The van der Waals surface area contributed by atoms with Crippen LogP contribution < -0.4 is 5.32 Å². The van der Waals surface area contributed by atoms with E-state index in [0.717, 1.165) is 45.0 Å². The second kappa shape index (κ2) is 15.3. The first-order valence-electron chi connectivity index (χ1n) is 16.8. The molecule has 0 saturated heterocycles. The third kappa shape index (κ3) is 7.84. The standard InChI is InChI=1S/C42H43NO4SSi/c1-49(2,3)28-27-46-40(44)39(43-41(45)47-29-38-36-25-15-13-23-34(36)35-24-14-16-26-37(35)38)30-48-42(31-17-7-4-8-18-31,32-19-9-5-10-20-32)33-21-11-6-12-22-33/h4-26,38-39H,27-30H2,1-3H3,(H,43,45)/t39-/m0/s1. The van der Waals surface area contributed by atoms with Crippen LogP contribution in [0.25, 0.3) is 11.1 Å². The van der Waals surface area contributed by atoms with Gasteiger partial charge in [-0.2, -0.15) is 0 Å². The molecule has 0 radical (unpaired) electrons. The Hall–Kier alpha value is -4.59. The van der Waals surface area contributed by atoms with E-state index in [1.54, 1.807) is 11.8 Å². The van der Waals surface area contributed by atoms with Gasteiger partial charge >= 0.3 is 12.1 Å². The lowest BCUT2D eigenvalue weighted by Crippen LogP contribution is -2.45. The van der Waals surface area contributed by atoms with Crippen LogP contribution in [0.5, 0.6) is 0 Å². The number of nitrogens with one attached hydrogen (secondary N) is 1. The summed E-state index contributed by atoms with van der Waals surface area (Å²) < 4.78 is 11.1. The predicted octanol–water partition coefficient (Wildman–Crippen LogP) is 9.50. The third-order valence-electron chi connectivity index (χ3n) is 9.02. The Labute approximate surface area is 295 Å². The molecule has 1 aliphatic rings. The van der Waals surface area contributed by atoms with Gasteiger partial charge in [-0.25, -0.2) is 9.59 Å². The molecule has 0 aromatic heterocycles. The van der Waals surface area contributed by atoms with Gasteiger partial charge < -0.3 is 14.8 Å². The molecule has 0 bridgehead atoms. The minimum atomic E-state index is -1.45. The Morgan fingerprint density at radius 2 is 1.12 bits per heavy atom. The molecule has 1 aliphatic carbocycles. The van der Waals surface area contributed by atoms with E-state index < -0.39 is 30.9 Å². The highest BCUT2D eigenvalue weighted by Crippen LogP contribution is 2.49. The molecule has 49 heavy (non-hydrogen) atoms. The van der Waals surface area contributed by atoms with Crippen LogP contribution in [0.1, 0.15) is 33.7 Å². The van der Waals surface area contributed by atoms with Crippen LogP contribution in [-0.4, -0.2) is 45.1 Å². The highest BCUT2D eigenvalue weighted by atomic mass is 32.2. The Morgan fingerprint density at radius 3 is 1.59 bits per heavy atom. The summed E-state index contributed by atoms with van der Waals surface area (Å²) in [4.78, 5) is 27.4. The molecule has 7 heteroatoms. The van der Waals surface area contributed by atoms with E-state index in [4.69, 9.17) is 9.47 Å². The van der Waals surface area contributed by atoms with Crippen molar-refractivity contribution >= 4 is 31.9 Å². The van der Waals surface area contributed by atoms with E-state index in [0.29, 0.717) is 6.61 Å². The van der Waals surface area contributed by atoms with Gasteiger partial charge in [-0.15, -0.1) is 11.8 Å². The van der Waals surface area contributed by atoms with Gasteiger partial charge in [-0.1, -0.05) is 159 Å². The van der Waals surface area contributed by atoms with Gasteiger partial charge in [-0.3, -0.25) is 0 Å². The van der Waals surface area contributed by atoms with Crippen molar-refractivity contribution in [3.05, 3.63) is 167 Å². The number of esters is 1. The quantitative estimate of drug-likeness (QED) is 0.0760. The molecule has 0 aliphatic heterocycles. The lowest BCUT2D eigenvalue weighted by molar-refractivity contribution is -0.144. The van der Waals surface area contributed by atoms with Crippen LogP contribution >= 0.6 is 11.8 Å². The largest absolute Gasteiger partial charge is 0.464 e. The van der Waals surface area contributed by atoms with E-state index >= 15 is 0 Å². The molecule has 6 rings (SSSR count). The van der Waals surface area contributed by atoms with Crippen molar-refractivity contribution in [2.45, 2.75) is 42.4 Å². The predicted molar refractivity (Wildman–Crippen MR) is 203 cm³/mol. The second-order valence-corrected chi connectivity index (χ2v) is 20.4. The SMILES string of the molecule is C[Si](C)(C)CCOC(=O)[C@H](CSC(c1ccccc1)(c1ccccc1)c1ccccc1)NC(=O)OCC1c2ccccc2-c2ccccc21. The molecule has 0 heterocycles. The molecular formula is C42H43NO4SSi. The maximum absolute atomic E-state index is 13.8. The highest BCUT2D eigenvalue weighted by molar-refractivity contribution is 8.00. The Morgan fingerprint density at radius 1 is 0.673 bits per heavy atom. The summed E-state index contributed by atoms with van der Waals surface area (Å²) in [6.45, 7) is 7.22. The fraction of sp³-hybridized carbons (Fsp3) is 0.238. The average Bonchev–Trinajstić information content (AvgIpc) is 3.44. The fourth-order valence-electron chi connectivity index (χ4n) is 6.49. The van der Waals surface area contributed by atoms with Gasteiger partial charge in [0.05, 0.1) is 11.4 Å². The number of amides is 1. The number of carbonyl (C=O) groups excluding carboxylic acids is 2. The number of alkyl carbamates (subject to hydrolysis) is 1. The van der Waals surface area contributed by atoms with E-state index in [1.807, 2.05) is 78.9 Å². The number of carbonyl (C=O) groups is 2. The maximum Gasteiger partial charge on any atom is 0.407 e. The molecule has 0 fully saturated rings. The van der Waals surface area contributed by atoms with Crippen LogP contribution in [0.4, 0.5) is 4.79 Å². The molecule has 5 nitrogen and oxygen atoms in total. The van der Waals surface area contributed by atoms with Gasteiger partial charge in [0.15, 0.2) is 0 Å². The van der Waals surface area contributed by atoms with E-state index in [-0.39, 0.29) is 18.3 Å². The lowest BCUT2D eigenvalue weighted by Gasteiger charge is -2.36. The smallest absolute Gasteiger partial charge is 0.407 e. The summed E-state index contributed by atoms with van der Waals surface area (Å²) in [6, 6.07) is 47.3. The molecule has 0 saturated carbocycles. The first-order valence-corrected chi connectivity index (χ1v) is 21.5. The maximum atomic E-state index is 13.8. The fourth-order valence-corrected chi connectivity index (χ4v) is 8.75. The molecule has 5 aromatic rings. The second-order valence-electron chi connectivity index (χ2n) is 13.6. The van der Waals surface area contributed by atoms with Crippen LogP contribution in [0, 0.1) is 0 Å². The van der Waals surface area contributed by atoms with Crippen LogP contribution in [0.3, 0.4) is 0 Å². The summed E-state index contributed by atoms with van der Waals surface area (Å²) in [7, 11) is -1.45. The minimum Gasteiger partial charge on any atom is -0.464 e. The van der Waals surface area contributed by atoms with Crippen molar-refractivity contribution in [2.24, 2.45) is 0 Å². The third-order valence-corrected chi connectivity index (χ3v) is 12.4. The lowest BCUT2D eigenvalue weighted by atomic mass is 9.84. The number of thioether (sulfide) groups is 1. The number of benzene rings is 5. The van der Waals surface area contributed by atoms with Crippen molar-refractivity contribution in [3.8, 4) is 11.1 Å². The topological polar surface area (TPSA) is 64.6 Å². The van der Waals surface area contributed by atoms with Gasteiger partial charge in [0.1, 0.15) is 12.6 Å². The zero-order valence-electron chi connectivity index (χ0n) is 28.3. The highest BCUT2D eigenvalue weighted by Gasteiger charge is 2.39. The van der Waals surface area contributed by atoms with Gasteiger partial charge in [-0.05, 0) is 45.0 Å². The molecule has 0 spiro atoms. The summed E-state index contributed by atoms with van der Waals surface area (Å²) in [6.07, 6.45) is -0.639. The zero-order chi connectivity index (χ0) is 34.3. The number of hydrogen-bond donors (Lipinski definition) is 1. The molecule has 250 valence electrons. The van der Waals surface area contributed by atoms with Crippen molar-refractivity contribution < 1.29 is 19.1 Å². The van der Waals surface area contributed by atoms with Gasteiger partial charge in [0.25, 0.3) is 0 Å². The normalized spacial score (nSPS) is 13.2. The average molecular weight is 686 g/mol. The molecule has 5 aromatic carbocycles. The summed E-state index contributed by atoms with van der Waals surface area (Å²) in [5.74, 6) is -0.284. The minimum absolute atomic E-state index is 0.0865. The Bertz CT molecular complexity index is 1720. The van der Waals surface area contributed by atoms with Crippen LogP contribution in [-0.2, 0) is 19.0 Å². The van der Waals surface area contributed by atoms with Gasteiger partial charge in [0, 0.05) is 19.7 Å². The van der Waals surface area contributed by atoms with Crippen molar-refractivity contribution in [1.82, 2.24) is 5.32 Å². The van der Waals surface area contributed by atoms with Crippen molar-refractivity contribution in [1.29, 1.82) is 0 Å². The molecule has 1 atom stereocenters. The first-order chi connectivity index (χ1) is 23.8. The molecule has 1 amide bonds. The first kappa shape index (κ1) is 34.3. The molecular weight excluding hydrogens is 643 g/mol. The molecule has 1 N–H and O–H groups in total. The number of rotatable bonds is 13. The van der Waals surface area contributed by atoms with Crippen molar-refractivity contribution in [3.63, 3.8) is 0 Å². The summed E-state index contributed by atoms with van der Waals surface area (Å²) in [5.41, 5.74) is 7.80. The molecule has 0 unspecified atom stereocenters. The van der Waals surface area contributed by atoms with Crippen molar-refractivity contribution in [2.75, 3.05) is 19.0 Å². The Kier molecular flexibility index (Phi) is 10.7.